The molecule has 1 N–H and O–H groups in total. The Morgan fingerprint density at radius 1 is 0.886 bits per heavy atom. The first kappa shape index (κ1) is 32.2. The molecule has 0 aromatic heterocycles. The lowest BCUT2D eigenvalue weighted by atomic mass is 9.95. The van der Waals surface area contributed by atoms with Crippen LogP contribution < -0.4 is 19.5 Å². The second-order valence-electron chi connectivity index (χ2n) is 10.2. The number of hydrogen-bond acceptors (Lipinski definition) is 6. The average Bonchev–Trinajstić information content (AvgIpc) is 3.03. The van der Waals surface area contributed by atoms with Crippen LogP contribution >= 0.6 is 0 Å². The first-order valence-electron chi connectivity index (χ1n) is 14.0. The Labute approximate surface area is 255 Å². The third kappa shape index (κ3) is 7.45. The van der Waals surface area contributed by atoms with Crippen LogP contribution in [0.3, 0.4) is 0 Å². The van der Waals surface area contributed by atoms with Crippen molar-refractivity contribution < 1.29 is 36.9 Å². The van der Waals surface area contributed by atoms with E-state index in [1.165, 1.54) is 34.5 Å². The summed E-state index contributed by atoms with van der Waals surface area (Å²) < 4.78 is 62.1. The molecule has 1 aliphatic rings. The van der Waals surface area contributed by atoms with E-state index in [4.69, 9.17) is 23.9 Å². The zero-order valence-electron chi connectivity index (χ0n) is 25.3. The number of carbonyl (C=O) groups excluding carboxylic acids is 1. The Kier molecular flexibility index (Phi) is 10.4. The molecule has 0 saturated carbocycles. The van der Waals surface area contributed by atoms with Crippen LogP contribution in [-0.4, -0.2) is 51.3 Å². The van der Waals surface area contributed by atoms with E-state index < -0.39 is 23.8 Å². The quantitative estimate of drug-likeness (QED) is 0.261. The lowest BCUT2D eigenvalue weighted by Crippen LogP contribution is -2.52. The Morgan fingerprint density at radius 3 is 2.14 bits per heavy atom. The minimum Gasteiger partial charge on any atom is -0.493 e. The van der Waals surface area contributed by atoms with Crippen LogP contribution in [0.4, 0.5) is 13.2 Å². The molecule has 0 amide bonds. The van der Waals surface area contributed by atoms with Gasteiger partial charge in [-0.1, -0.05) is 42.5 Å². The van der Waals surface area contributed by atoms with E-state index >= 15 is 0 Å². The Morgan fingerprint density at radius 2 is 1.55 bits per heavy atom. The molecular weight excluding hydrogens is 575 g/mol. The molecule has 0 radical (unpaired) electrons. The van der Waals surface area contributed by atoms with Gasteiger partial charge in [0.05, 0.1) is 58.7 Å². The summed E-state index contributed by atoms with van der Waals surface area (Å²) in [4.78, 5) is 19.7. The average molecular weight is 612 g/mol. The van der Waals surface area contributed by atoms with Crippen molar-refractivity contribution in [2.24, 2.45) is 4.99 Å². The third-order valence-corrected chi connectivity index (χ3v) is 7.40. The van der Waals surface area contributed by atoms with Gasteiger partial charge in [-0.15, -0.1) is 0 Å². The number of nitrogens with zero attached hydrogens (tertiary/aromatic N) is 2. The van der Waals surface area contributed by atoms with Crippen LogP contribution in [0.15, 0.2) is 83.0 Å². The van der Waals surface area contributed by atoms with Gasteiger partial charge in [0.2, 0.25) is 5.75 Å². The highest BCUT2D eigenvalue weighted by Crippen LogP contribution is 2.38. The van der Waals surface area contributed by atoms with Gasteiger partial charge in [0.1, 0.15) is 0 Å². The van der Waals surface area contributed by atoms with Crippen molar-refractivity contribution in [1.29, 1.82) is 0 Å². The van der Waals surface area contributed by atoms with Gasteiger partial charge >= 0.3 is 12.1 Å². The SMILES string of the molecule is COC(=O)C1=C(C)N(Cc2cccc(C(F)(F)F)c2)C(=NCc2cc(OC)c(OC)c(OC)c2)NC1CCc1ccccc1. The number of esters is 1. The van der Waals surface area contributed by atoms with Crippen molar-refractivity contribution in [3.8, 4) is 17.2 Å². The van der Waals surface area contributed by atoms with Crippen molar-refractivity contribution in [1.82, 2.24) is 10.2 Å². The van der Waals surface area contributed by atoms with Crippen molar-refractivity contribution in [3.63, 3.8) is 0 Å². The minimum absolute atomic E-state index is 0.0305. The fourth-order valence-electron chi connectivity index (χ4n) is 5.18. The second-order valence-corrected chi connectivity index (χ2v) is 10.2. The first-order valence-corrected chi connectivity index (χ1v) is 14.0. The molecule has 0 saturated heterocycles. The first-order chi connectivity index (χ1) is 21.1. The predicted molar refractivity (Wildman–Crippen MR) is 161 cm³/mol. The highest BCUT2D eigenvalue weighted by molar-refractivity contribution is 5.95. The monoisotopic (exact) mass is 611 g/mol. The number of halogens is 3. The molecule has 3 aromatic rings. The second kappa shape index (κ2) is 14.2. The van der Waals surface area contributed by atoms with E-state index in [9.17, 15) is 18.0 Å². The summed E-state index contributed by atoms with van der Waals surface area (Å²) in [7, 11) is 5.86. The molecule has 1 heterocycles. The molecular formula is C33H36F3N3O5. The third-order valence-electron chi connectivity index (χ3n) is 7.40. The van der Waals surface area contributed by atoms with E-state index in [2.05, 4.69) is 5.32 Å². The molecule has 1 unspecified atom stereocenters. The number of nitrogens with one attached hydrogen (secondary N) is 1. The Hall–Kier alpha value is -4.67. The van der Waals surface area contributed by atoms with E-state index in [1.54, 1.807) is 30.0 Å². The van der Waals surface area contributed by atoms with Gasteiger partial charge in [0.15, 0.2) is 17.5 Å². The van der Waals surface area contributed by atoms with Crippen LogP contribution in [0.25, 0.3) is 0 Å². The van der Waals surface area contributed by atoms with Crippen LogP contribution in [0, 0.1) is 0 Å². The van der Waals surface area contributed by atoms with Gasteiger partial charge in [-0.3, -0.25) is 0 Å². The number of ether oxygens (including phenoxy) is 4. The number of benzene rings is 3. The summed E-state index contributed by atoms with van der Waals surface area (Å²) in [5.74, 6) is 1.24. The maximum absolute atomic E-state index is 13.5. The maximum atomic E-state index is 13.5. The summed E-state index contributed by atoms with van der Waals surface area (Å²) in [6.45, 7) is 1.96. The smallest absolute Gasteiger partial charge is 0.416 e. The van der Waals surface area contributed by atoms with Gasteiger partial charge in [-0.2, -0.15) is 13.2 Å². The van der Waals surface area contributed by atoms with Crippen molar-refractivity contribution in [2.45, 2.75) is 45.1 Å². The number of carbonyl (C=O) groups is 1. The Balaban J connectivity index is 1.77. The van der Waals surface area contributed by atoms with Crippen LogP contribution in [0.2, 0.25) is 0 Å². The van der Waals surface area contributed by atoms with Crippen molar-refractivity contribution in [3.05, 3.63) is 100 Å². The van der Waals surface area contributed by atoms with Gasteiger partial charge in [-0.05, 0) is 60.7 Å². The lowest BCUT2D eigenvalue weighted by Gasteiger charge is -2.38. The normalized spacial score (nSPS) is 16.0. The number of aliphatic imine (C=N–C) groups is 1. The Bertz CT molecular complexity index is 1500. The number of guanidine groups is 1. The number of allylic oxidation sites excluding steroid dienone is 1. The number of hydrogen-bond donors (Lipinski definition) is 1. The fourth-order valence-corrected chi connectivity index (χ4v) is 5.18. The van der Waals surface area contributed by atoms with Crippen molar-refractivity contribution >= 4 is 11.9 Å². The van der Waals surface area contributed by atoms with Crippen LogP contribution in [0.5, 0.6) is 17.2 Å². The zero-order valence-corrected chi connectivity index (χ0v) is 25.3. The van der Waals surface area contributed by atoms with Gasteiger partial charge in [0, 0.05) is 5.70 Å². The summed E-state index contributed by atoms with van der Waals surface area (Å²) in [6.07, 6.45) is -3.28. The summed E-state index contributed by atoms with van der Waals surface area (Å²) in [5.41, 5.74) is 2.41. The maximum Gasteiger partial charge on any atom is 0.416 e. The predicted octanol–water partition coefficient (Wildman–Crippen LogP) is 6.14. The van der Waals surface area contributed by atoms with Gasteiger partial charge < -0.3 is 29.2 Å². The van der Waals surface area contributed by atoms with E-state index in [1.807, 2.05) is 30.3 Å². The molecule has 0 aliphatic carbocycles. The number of rotatable bonds is 11. The number of aryl methyl sites for hydroxylation is 1. The molecule has 8 nitrogen and oxygen atoms in total. The topological polar surface area (TPSA) is 81.6 Å². The molecule has 234 valence electrons. The standard InChI is InChI=1S/C33H36F3N3O5/c1-21-29(31(40)44-5)26(15-14-22-10-7-6-8-11-22)38-32(39(21)20-23-12-9-13-25(16-23)33(34,35)36)37-19-24-17-27(41-2)30(43-4)28(18-24)42-3/h6-13,16-18,26H,14-15,19-20H2,1-5H3,(H,37,38). The van der Waals surface area contributed by atoms with E-state index in [-0.39, 0.29) is 13.1 Å². The van der Waals surface area contributed by atoms with Gasteiger partial charge in [0.25, 0.3) is 0 Å². The summed E-state index contributed by atoms with van der Waals surface area (Å²) in [6, 6.07) is 18.1. The van der Waals surface area contributed by atoms with Crippen LogP contribution in [0.1, 0.15) is 35.6 Å². The fraction of sp³-hybridized carbons (Fsp3) is 0.333. The van der Waals surface area contributed by atoms with Crippen LogP contribution in [-0.2, 0) is 35.2 Å². The molecule has 1 atom stereocenters. The number of methoxy groups -OCH3 is 4. The molecule has 0 bridgehead atoms. The van der Waals surface area contributed by atoms with E-state index in [0.717, 1.165) is 23.3 Å². The molecule has 44 heavy (non-hydrogen) atoms. The van der Waals surface area contributed by atoms with E-state index in [0.29, 0.717) is 52.9 Å². The molecule has 0 spiro atoms. The number of alkyl halides is 3. The summed E-state index contributed by atoms with van der Waals surface area (Å²) >= 11 is 0. The summed E-state index contributed by atoms with van der Waals surface area (Å²) in [5, 5.41) is 3.39. The highest BCUT2D eigenvalue weighted by atomic mass is 19.4. The van der Waals surface area contributed by atoms with Crippen molar-refractivity contribution in [2.75, 3.05) is 28.4 Å². The molecule has 0 fully saturated rings. The lowest BCUT2D eigenvalue weighted by molar-refractivity contribution is -0.138. The molecule has 1 aliphatic heterocycles. The molecule has 3 aromatic carbocycles. The van der Waals surface area contributed by atoms with Gasteiger partial charge in [-0.25, -0.2) is 9.79 Å². The largest absolute Gasteiger partial charge is 0.493 e. The molecule has 4 rings (SSSR count). The minimum atomic E-state index is -4.50. The zero-order chi connectivity index (χ0) is 31.9. The highest BCUT2D eigenvalue weighted by Gasteiger charge is 2.35. The molecule has 11 heteroatoms.